The summed E-state index contributed by atoms with van der Waals surface area (Å²) in [5.74, 6) is -0.587. The molecule has 0 fully saturated rings. The number of amides is 1. The highest BCUT2D eigenvalue weighted by molar-refractivity contribution is 5.80. The maximum absolute atomic E-state index is 12.6. The summed E-state index contributed by atoms with van der Waals surface area (Å²) < 4.78 is 0. The molecule has 358 valence electrons. The van der Waals surface area contributed by atoms with Crippen molar-refractivity contribution in [2.45, 2.75) is 321 Å². The van der Waals surface area contributed by atoms with E-state index < -0.39 is 36.9 Å². The van der Waals surface area contributed by atoms with Crippen LogP contribution in [0.4, 0.5) is 0 Å². The molecule has 0 spiro atoms. The van der Waals surface area contributed by atoms with Crippen LogP contribution in [0.1, 0.15) is 296 Å². The van der Waals surface area contributed by atoms with Crippen molar-refractivity contribution in [1.29, 1.82) is 0 Å². The van der Waals surface area contributed by atoms with E-state index in [1.165, 1.54) is 231 Å². The Kier molecular flexibility index (Phi) is 48.3. The average Bonchev–Trinajstić information content (AvgIpc) is 3.25. The Labute approximate surface area is 374 Å². The van der Waals surface area contributed by atoms with Crippen molar-refractivity contribution in [2.75, 3.05) is 6.61 Å². The topological polar surface area (TPSA) is 110 Å². The summed E-state index contributed by atoms with van der Waals surface area (Å²) in [7, 11) is 0. The summed E-state index contributed by atoms with van der Waals surface area (Å²) in [5.41, 5.74) is 0. The molecule has 0 saturated carbocycles. The Hall–Kier alpha value is -0.950. The quantitative estimate of drug-likeness (QED) is 0.0309. The zero-order valence-corrected chi connectivity index (χ0v) is 40.5. The first-order valence-corrected chi connectivity index (χ1v) is 27.1. The molecule has 6 heteroatoms. The molecule has 0 aliphatic heterocycles. The molecule has 6 nitrogen and oxygen atoms in total. The number of hydrogen-bond donors (Lipinski definition) is 5. The van der Waals surface area contributed by atoms with Crippen LogP contribution in [0.15, 0.2) is 12.2 Å². The number of nitrogens with one attached hydrogen (secondary N) is 1. The molecule has 4 unspecified atom stereocenters. The molecule has 0 aliphatic rings. The number of aliphatic hydroxyl groups excluding tert-OH is 4. The van der Waals surface area contributed by atoms with Gasteiger partial charge >= 0.3 is 0 Å². The van der Waals surface area contributed by atoms with Crippen molar-refractivity contribution in [2.24, 2.45) is 0 Å². The summed E-state index contributed by atoms with van der Waals surface area (Å²) in [6.07, 6.45) is 57.0. The molecule has 0 aromatic rings. The molecule has 0 aliphatic carbocycles. The minimum atomic E-state index is -1.28. The van der Waals surface area contributed by atoms with Crippen molar-refractivity contribution < 1.29 is 25.2 Å². The second-order valence-electron chi connectivity index (χ2n) is 18.9. The summed E-state index contributed by atoms with van der Waals surface area (Å²) in [5, 5.41) is 43.9. The monoisotopic (exact) mass is 850 g/mol. The number of allylic oxidation sites excluding steroid dienone is 2. The van der Waals surface area contributed by atoms with E-state index in [0.717, 1.165) is 38.5 Å². The first-order chi connectivity index (χ1) is 29.5. The number of hydrogen-bond acceptors (Lipinski definition) is 5. The van der Waals surface area contributed by atoms with Crippen LogP contribution < -0.4 is 5.32 Å². The summed E-state index contributed by atoms with van der Waals surface area (Å²) >= 11 is 0. The van der Waals surface area contributed by atoms with Crippen LogP contribution in [0.25, 0.3) is 0 Å². The van der Waals surface area contributed by atoms with E-state index in [-0.39, 0.29) is 0 Å². The van der Waals surface area contributed by atoms with Crippen molar-refractivity contribution in [3.63, 3.8) is 0 Å². The Bertz CT molecular complexity index is 867. The first-order valence-electron chi connectivity index (χ1n) is 27.1. The minimum absolute atomic E-state index is 0.369. The van der Waals surface area contributed by atoms with Crippen LogP contribution in [0.3, 0.4) is 0 Å². The fourth-order valence-electron chi connectivity index (χ4n) is 8.70. The molecule has 5 N–H and O–H groups in total. The molecular formula is C54H107NO5. The van der Waals surface area contributed by atoms with Gasteiger partial charge in [0.05, 0.1) is 18.8 Å². The van der Waals surface area contributed by atoms with Gasteiger partial charge in [0.25, 0.3) is 0 Å². The molecule has 4 atom stereocenters. The third-order valence-electron chi connectivity index (χ3n) is 13.0. The fraction of sp³-hybridized carbons (Fsp3) is 0.944. The van der Waals surface area contributed by atoms with Gasteiger partial charge in [0, 0.05) is 0 Å². The second-order valence-corrected chi connectivity index (χ2v) is 18.9. The van der Waals surface area contributed by atoms with Crippen molar-refractivity contribution in [1.82, 2.24) is 5.32 Å². The maximum atomic E-state index is 12.6. The number of rotatable bonds is 50. The number of aliphatic hydroxyl groups is 4. The smallest absolute Gasteiger partial charge is 0.249 e. The standard InChI is InChI=1S/C54H107NO5/c1-3-5-7-9-11-13-15-17-19-21-23-25-26-27-28-30-32-34-36-38-40-42-44-46-48-52(58)54(60)55-50(49-56)53(59)51(57)47-45-43-41-39-37-35-33-31-29-24-22-20-18-16-14-12-10-8-6-4-2/h39,41,50-53,56-59H,3-38,40,42-49H2,1-2H3,(H,55,60)/b41-39+. The predicted octanol–water partition coefficient (Wildman–Crippen LogP) is 15.3. The Balaban J connectivity index is 3.64. The number of carbonyl (C=O) groups excluding carboxylic acids is 1. The number of carbonyl (C=O) groups is 1. The Morgan fingerprint density at radius 1 is 0.400 bits per heavy atom. The molecule has 0 rings (SSSR count). The van der Waals surface area contributed by atoms with Crippen LogP contribution >= 0.6 is 0 Å². The highest BCUT2D eigenvalue weighted by Crippen LogP contribution is 2.18. The molecule has 0 heterocycles. The molecule has 0 aromatic carbocycles. The van der Waals surface area contributed by atoms with Gasteiger partial charge in [0.15, 0.2) is 0 Å². The van der Waals surface area contributed by atoms with Crippen LogP contribution in [0.2, 0.25) is 0 Å². The second kappa shape index (κ2) is 49.1. The SMILES string of the molecule is CCCCCCCCCCCCCCCCC/C=C/CCCC(O)C(O)C(CO)NC(=O)C(O)CCCCCCCCCCCCCCCCCCCCCCCCCC. The van der Waals surface area contributed by atoms with Crippen LogP contribution in [-0.4, -0.2) is 57.3 Å². The average molecular weight is 850 g/mol. The third-order valence-corrected chi connectivity index (χ3v) is 13.0. The van der Waals surface area contributed by atoms with Crippen molar-refractivity contribution >= 4 is 5.91 Å². The van der Waals surface area contributed by atoms with Gasteiger partial charge in [-0.05, 0) is 38.5 Å². The van der Waals surface area contributed by atoms with E-state index in [4.69, 9.17) is 0 Å². The normalized spacial score (nSPS) is 13.9. The lowest BCUT2D eigenvalue weighted by molar-refractivity contribution is -0.132. The van der Waals surface area contributed by atoms with E-state index in [2.05, 4.69) is 31.3 Å². The lowest BCUT2D eigenvalue weighted by Gasteiger charge is -2.27. The third kappa shape index (κ3) is 42.4. The molecule has 60 heavy (non-hydrogen) atoms. The van der Waals surface area contributed by atoms with Gasteiger partial charge in [-0.1, -0.05) is 270 Å². The zero-order valence-electron chi connectivity index (χ0n) is 40.5. The summed E-state index contributed by atoms with van der Waals surface area (Å²) in [4.78, 5) is 12.6. The zero-order chi connectivity index (χ0) is 43.8. The first kappa shape index (κ1) is 59.0. The largest absolute Gasteiger partial charge is 0.394 e. The summed E-state index contributed by atoms with van der Waals surface area (Å²) in [6.45, 7) is 4.08. The van der Waals surface area contributed by atoms with Gasteiger partial charge in [0.1, 0.15) is 12.2 Å². The molecule has 0 radical (unpaired) electrons. The fourth-order valence-corrected chi connectivity index (χ4v) is 8.70. The van der Waals surface area contributed by atoms with Gasteiger partial charge < -0.3 is 25.7 Å². The van der Waals surface area contributed by atoms with E-state index in [1.54, 1.807) is 0 Å². The van der Waals surface area contributed by atoms with Gasteiger partial charge in [0.2, 0.25) is 5.91 Å². The van der Waals surface area contributed by atoms with E-state index in [1.807, 2.05) is 0 Å². The van der Waals surface area contributed by atoms with Crippen molar-refractivity contribution in [3.8, 4) is 0 Å². The Morgan fingerprint density at radius 2 is 0.683 bits per heavy atom. The Morgan fingerprint density at radius 3 is 1.00 bits per heavy atom. The van der Waals surface area contributed by atoms with Crippen LogP contribution in [0.5, 0.6) is 0 Å². The van der Waals surface area contributed by atoms with E-state index >= 15 is 0 Å². The van der Waals surface area contributed by atoms with Gasteiger partial charge in [-0.25, -0.2) is 0 Å². The summed E-state index contributed by atoms with van der Waals surface area (Å²) in [6, 6.07) is -0.998. The number of unbranched alkanes of at least 4 members (excludes halogenated alkanes) is 39. The lowest BCUT2D eigenvalue weighted by Crippen LogP contribution is -2.53. The predicted molar refractivity (Wildman–Crippen MR) is 261 cm³/mol. The highest BCUT2D eigenvalue weighted by Gasteiger charge is 2.28. The molecule has 1 amide bonds. The van der Waals surface area contributed by atoms with Crippen LogP contribution in [0, 0.1) is 0 Å². The molecule has 0 bridgehead atoms. The molecule has 0 saturated heterocycles. The van der Waals surface area contributed by atoms with Gasteiger partial charge in [-0.3, -0.25) is 4.79 Å². The maximum Gasteiger partial charge on any atom is 0.249 e. The van der Waals surface area contributed by atoms with E-state index in [9.17, 15) is 25.2 Å². The van der Waals surface area contributed by atoms with Gasteiger partial charge in [-0.15, -0.1) is 0 Å². The molecule has 0 aromatic heterocycles. The lowest BCUT2D eigenvalue weighted by atomic mass is 10.00. The minimum Gasteiger partial charge on any atom is -0.394 e. The van der Waals surface area contributed by atoms with Gasteiger partial charge in [-0.2, -0.15) is 0 Å². The van der Waals surface area contributed by atoms with E-state index in [0.29, 0.717) is 12.8 Å². The highest BCUT2D eigenvalue weighted by atomic mass is 16.3. The molecular weight excluding hydrogens is 743 g/mol. The van der Waals surface area contributed by atoms with Crippen LogP contribution in [-0.2, 0) is 4.79 Å². The van der Waals surface area contributed by atoms with Crippen molar-refractivity contribution in [3.05, 3.63) is 12.2 Å².